The van der Waals surface area contributed by atoms with Crippen molar-refractivity contribution in [2.45, 2.75) is 0 Å². The molecule has 0 bridgehead atoms. The maximum absolute atomic E-state index is 11.1. The SMILES string of the molecule is COC(=O)c1occc(=O)c1OC. The third-order valence-electron chi connectivity index (χ3n) is 1.41. The molecule has 0 radical (unpaired) electrons. The Balaban J connectivity index is 3.28. The van der Waals surface area contributed by atoms with E-state index in [1.165, 1.54) is 14.2 Å². The van der Waals surface area contributed by atoms with Crippen LogP contribution in [0.25, 0.3) is 0 Å². The molecule has 1 aromatic rings. The Labute approximate surface area is 73.9 Å². The lowest BCUT2D eigenvalue weighted by Gasteiger charge is -2.02. The molecule has 5 heteroatoms. The molecule has 5 nitrogen and oxygen atoms in total. The van der Waals surface area contributed by atoms with Crippen molar-refractivity contribution in [3.8, 4) is 5.75 Å². The smallest absolute Gasteiger partial charge is 0.378 e. The molecule has 0 N–H and O–H groups in total. The van der Waals surface area contributed by atoms with Crippen LogP contribution in [-0.2, 0) is 4.74 Å². The average Bonchev–Trinajstić information content (AvgIpc) is 2.16. The van der Waals surface area contributed by atoms with E-state index in [1.807, 2.05) is 0 Å². The fourth-order valence-electron chi connectivity index (χ4n) is 0.832. The number of rotatable bonds is 2. The second-order valence-corrected chi connectivity index (χ2v) is 2.14. The highest BCUT2D eigenvalue weighted by Crippen LogP contribution is 2.12. The molecule has 13 heavy (non-hydrogen) atoms. The zero-order valence-electron chi connectivity index (χ0n) is 7.20. The Bertz CT molecular complexity index is 365. The lowest BCUT2D eigenvalue weighted by molar-refractivity contribution is 0.0555. The first-order valence-electron chi connectivity index (χ1n) is 3.44. The van der Waals surface area contributed by atoms with Gasteiger partial charge in [-0.05, 0) is 0 Å². The highest BCUT2D eigenvalue weighted by Gasteiger charge is 2.17. The fraction of sp³-hybridized carbons (Fsp3) is 0.250. The molecule has 0 spiro atoms. The van der Waals surface area contributed by atoms with Gasteiger partial charge in [-0.3, -0.25) is 4.79 Å². The normalized spacial score (nSPS) is 9.38. The van der Waals surface area contributed by atoms with Crippen LogP contribution in [0.2, 0.25) is 0 Å². The number of hydrogen-bond donors (Lipinski definition) is 0. The summed E-state index contributed by atoms with van der Waals surface area (Å²) in [7, 11) is 2.47. The van der Waals surface area contributed by atoms with Crippen LogP contribution in [0.5, 0.6) is 5.75 Å². The number of carbonyl (C=O) groups excluding carboxylic acids is 1. The minimum absolute atomic E-state index is 0.144. The largest absolute Gasteiger partial charge is 0.489 e. The summed E-state index contributed by atoms with van der Waals surface area (Å²) in [4.78, 5) is 22.1. The van der Waals surface area contributed by atoms with Crippen LogP contribution in [0.15, 0.2) is 21.5 Å². The molecule has 70 valence electrons. The second-order valence-electron chi connectivity index (χ2n) is 2.14. The van der Waals surface area contributed by atoms with Crippen molar-refractivity contribution in [2.24, 2.45) is 0 Å². The summed E-state index contributed by atoms with van der Waals surface area (Å²) in [5.74, 6) is -1.11. The zero-order chi connectivity index (χ0) is 9.84. The van der Waals surface area contributed by atoms with Gasteiger partial charge in [-0.2, -0.15) is 0 Å². The number of carbonyl (C=O) groups is 1. The summed E-state index contributed by atoms with van der Waals surface area (Å²) in [6.45, 7) is 0. The number of ether oxygens (including phenoxy) is 2. The Morgan fingerprint density at radius 3 is 2.69 bits per heavy atom. The van der Waals surface area contributed by atoms with Gasteiger partial charge in [0, 0.05) is 6.07 Å². The molecule has 0 saturated heterocycles. The third-order valence-corrected chi connectivity index (χ3v) is 1.41. The first kappa shape index (κ1) is 9.31. The summed E-state index contributed by atoms with van der Waals surface area (Å²) in [6, 6.07) is 1.16. The van der Waals surface area contributed by atoms with E-state index < -0.39 is 11.4 Å². The lowest BCUT2D eigenvalue weighted by atomic mass is 10.3. The van der Waals surface area contributed by atoms with Crippen LogP contribution in [0.1, 0.15) is 10.6 Å². The number of hydrogen-bond acceptors (Lipinski definition) is 5. The van der Waals surface area contributed by atoms with Gasteiger partial charge in [0.2, 0.25) is 11.2 Å². The Hall–Kier alpha value is -1.78. The molecular weight excluding hydrogens is 176 g/mol. The maximum Gasteiger partial charge on any atom is 0.378 e. The van der Waals surface area contributed by atoms with Gasteiger partial charge < -0.3 is 13.9 Å². The van der Waals surface area contributed by atoms with Crippen LogP contribution < -0.4 is 10.2 Å². The molecule has 1 heterocycles. The van der Waals surface area contributed by atoms with E-state index in [1.54, 1.807) is 0 Å². The lowest BCUT2D eigenvalue weighted by Crippen LogP contribution is -2.11. The van der Waals surface area contributed by atoms with Crippen molar-refractivity contribution in [3.63, 3.8) is 0 Å². The van der Waals surface area contributed by atoms with Gasteiger partial charge in [-0.1, -0.05) is 0 Å². The van der Waals surface area contributed by atoms with E-state index in [4.69, 9.17) is 9.15 Å². The molecule has 0 saturated carbocycles. The molecule has 1 rings (SSSR count). The van der Waals surface area contributed by atoms with Crippen LogP contribution in [0.4, 0.5) is 0 Å². The van der Waals surface area contributed by atoms with E-state index in [-0.39, 0.29) is 11.5 Å². The van der Waals surface area contributed by atoms with E-state index in [9.17, 15) is 9.59 Å². The minimum Gasteiger partial charge on any atom is -0.489 e. The minimum atomic E-state index is -0.741. The van der Waals surface area contributed by atoms with Crippen LogP contribution in [0, 0.1) is 0 Å². The molecule has 0 atom stereocenters. The molecule has 0 aliphatic heterocycles. The van der Waals surface area contributed by atoms with Crippen LogP contribution in [-0.4, -0.2) is 20.2 Å². The van der Waals surface area contributed by atoms with E-state index >= 15 is 0 Å². The first-order valence-corrected chi connectivity index (χ1v) is 3.44. The van der Waals surface area contributed by atoms with Crippen LogP contribution >= 0.6 is 0 Å². The predicted molar refractivity (Wildman–Crippen MR) is 42.9 cm³/mol. The van der Waals surface area contributed by atoms with Gasteiger partial charge in [0.25, 0.3) is 5.76 Å². The summed E-state index contributed by atoms with van der Waals surface area (Å²) >= 11 is 0. The van der Waals surface area contributed by atoms with Crippen LogP contribution in [0.3, 0.4) is 0 Å². The van der Waals surface area contributed by atoms with E-state index in [2.05, 4.69) is 4.74 Å². The van der Waals surface area contributed by atoms with Gasteiger partial charge in [-0.15, -0.1) is 0 Å². The zero-order valence-corrected chi connectivity index (χ0v) is 7.20. The Morgan fingerprint density at radius 1 is 1.46 bits per heavy atom. The van der Waals surface area contributed by atoms with Crippen molar-refractivity contribution in [3.05, 3.63) is 28.3 Å². The second kappa shape index (κ2) is 3.75. The first-order chi connectivity index (χ1) is 6.20. The Morgan fingerprint density at radius 2 is 2.15 bits per heavy atom. The van der Waals surface area contributed by atoms with Gasteiger partial charge in [0.05, 0.1) is 20.5 Å². The molecule has 0 fully saturated rings. The van der Waals surface area contributed by atoms with Crippen molar-refractivity contribution in [2.75, 3.05) is 14.2 Å². The summed E-state index contributed by atoms with van der Waals surface area (Å²) in [5.41, 5.74) is -0.422. The molecule has 0 unspecified atom stereocenters. The maximum atomic E-state index is 11.1. The third kappa shape index (κ3) is 1.69. The monoisotopic (exact) mass is 184 g/mol. The van der Waals surface area contributed by atoms with Crippen molar-refractivity contribution in [1.29, 1.82) is 0 Å². The van der Waals surface area contributed by atoms with Gasteiger partial charge in [0.1, 0.15) is 0 Å². The Kier molecular flexibility index (Phi) is 2.69. The standard InChI is InChI=1S/C8H8O5/c1-11-6-5(9)3-4-13-7(6)8(10)12-2/h3-4H,1-2H3. The van der Waals surface area contributed by atoms with Crippen molar-refractivity contribution >= 4 is 5.97 Å². The van der Waals surface area contributed by atoms with Crippen molar-refractivity contribution in [1.82, 2.24) is 0 Å². The molecule has 1 aromatic heterocycles. The topological polar surface area (TPSA) is 65.7 Å². The molecule has 0 aromatic carbocycles. The fourth-order valence-corrected chi connectivity index (χ4v) is 0.832. The predicted octanol–water partition coefficient (Wildman–Crippen LogP) is 0.435. The highest BCUT2D eigenvalue weighted by molar-refractivity contribution is 5.88. The quantitative estimate of drug-likeness (QED) is 0.624. The summed E-state index contributed by atoms with van der Waals surface area (Å²) < 4.78 is 13.9. The highest BCUT2D eigenvalue weighted by atomic mass is 16.5. The molecule has 0 amide bonds. The number of esters is 1. The number of methoxy groups -OCH3 is 2. The molecular formula is C8H8O5. The van der Waals surface area contributed by atoms with E-state index in [0.717, 1.165) is 12.3 Å². The molecule has 0 aliphatic carbocycles. The average molecular weight is 184 g/mol. The van der Waals surface area contributed by atoms with Gasteiger partial charge in [0.15, 0.2) is 0 Å². The van der Waals surface area contributed by atoms with Crippen molar-refractivity contribution < 1.29 is 18.7 Å². The van der Waals surface area contributed by atoms with E-state index in [0.29, 0.717) is 0 Å². The summed E-state index contributed by atoms with van der Waals surface area (Å²) in [6.07, 6.45) is 1.11. The van der Waals surface area contributed by atoms with Gasteiger partial charge in [-0.25, -0.2) is 4.79 Å². The van der Waals surface area contributed by atoms with Gasteiger partial charge >= 0.3 is 5.97 Å². The molecule has 0 aliphatic rings. The summed E-state index contributed by atoms with van der Waals surface area (Å²) in [5, 5.41) is 0.